The average Bonchev–Trinajstić information content (AvgIpc) is 2.69. The minimum Gasteiger partial charge on any atom is -0.317 e. The van der Waals surface area contributed by atoms with Gasteiger partial charge in [-0.15, -0.1) is 0 Å². The number of halogens is 3. The third-order valence-electron chi connectivity index (χ3n) is 1.63. The van der Waals surface area contributed by atoms with Gasteiger partial charge in [-0.3, -0.25) is 0 Å². The fraction of sp³-hybridized carbons (Fsp3) is 0.500. The van der Waals surface area contributed by atoms with Crippen LogP contribution in [0, 0.1) is 17.8 Å². The van der Waals surface area contributed by atoms with E-state index in [0.717, 1.165) is 0 Å². The van der Waals surface area contributed by atoms with Gasteiger partial charge in [-0.05, 0) is 25.9 Å². The highest BCUT2D eigenvalue weighted by molar-refractivity contribution is 4.86. The van der Waals surface area contributed by atoms with Crippen LogP contribution in [0.25, 0.3) is 0 Å². The van der Waals surface area contributed by atoms with Crippen LogP contribution in [0.1, 0.15) is 12.8 Å². The molecule has 1 fully saturated rings. The van der Waals surface area contributed by atoms with Crippen LogP contribution in [-0.4, -0.2) is 23.1 Å². The van der Waals surface area contributed by atoms with Crippen LogP contribution in [-0.2, 0) is 0 Å². The molecular weight excluding hydrogens is 195 g/mol. The Bertz CT molecular complexity index is 282. The van der Waals surface area contributed by atoms with Crippen molar-refractivity contribution in [3.8, 4) is 0 Å². The second-order valence-electron chi connectivity index (χ2n) is 2.73. The van der Waals surface area contributed by atoms with Crippen molar-refractivity contribution in [2.24, 2.45) is 0 Å². The van der Waals surface area contributed by atoms with E-state index >= 15 is 0 Å². The molecule has 6 heteroatoms. The van der Waals surface area contributed by atoms with Crippen LogP contribution in [0.4, 0.5) is 13.2 Å². The lowest BCUT2D eigenvalue weighted by Gasteiger charge is -1.87. The molecule has 1 N–H and O–H groups in total. The Morgan fingerprint density at radius 2 is 1.79 bits per heavy atom. The first-order chi connectivity index (χ1) is 6.70. The molecule has 1 aliphatic rings. The lowest BCUT2D eigenvalue weighted by molar-refractivity contribution is 0.426. The van der Waals surface area contributed by atoms with Crippen molar-refractivity contribution in [1.29, 1.82) is 0 Å². The van der Waals surface area contributed by atoms with Crippen molar-refractivity contribution in [3.63, 3.8) is 0 Å². The zero-order chi connectivity index (χ0) is 10.4. The standard InChI is InChI=1S/C4HF3N2.C4H9N/c5-2-1-8-4(7)9-3(2)6;1-2-4-5-3-1/h1H;5H,1-4H2. The summed E-state index contributed by atoms with van der Waals surface area (Å²) in [7, 11) is 0. The van der Waals surface area contributed by atoms with Gasteiger partial charge in [0.2, 0.25) is 0 Å². The molecule has 0 aliphatic carbocycles. The third-order valence-corrected chi connectivity index (χ3v) is 1.63. The zero-order valence-corrected chi connectivity index (χ0v) is 7.43. The van der Waals surface area contributed by atoms with Crippen molar-refractivity contribution in [1.82, 2.24) is 15.3 Å². The summed E-state index contributed by atoms with van der Waals surface area (Å²) in [5.41, 5.74) is 0. The first-order valence-corrected chi connectivity index (χ1v) is 4.24. The van der Waals surface area contributed by atoms with E-state index in [1.165, 1.54) is 25.9 Å². The number of nitrogens with zero attached hydrogens (tertiary/aromatic N) is 2. The van der Waals surface area contributed by atoms with Crippen LogP contribution in [0.3, 0.4) is 0 Å². The van der Waals surface area contributed by atoms with Gasteiger partial charge in [0, 0.05) is 0 Å². The largest absolute Gasteiger partial charge is 0.317 e. The Labute approximate surface area is 79.4 Å². The Hall–Kier alpha value is -1.17. The Morgan fingerprint density at radius 3 is 2.14 bits per heavy atom. The van der Waals surface area contributed by atoms with E-state index in [1.54, 1.807) is 0 Å². The minimum atomic E-state index is -1.47. The van der Waals surface area contributed by atoms with Crippen LogP contribution in [0.5, 0.6) is 0 Å². The molecule has 0 aromatic carbocycles. The molecule has 1 aliphatic heterocycles. The van der Waals surface area contributed by atoms with Gasteiger partial charge < -0.3 is 5.32 Å². The smallest absolute Gasteiger partial charge is 0.311 e. The van der Waals surface area contributed by atoms with E-state index in [9.17, 15) is 13.2 Å². The first kappa shape index (κ1) is 10.9. The van der Waals surface area contributed by atoms with Crippen molar-refractivity contribution in [2.75, 3.05) is 13.1 Å². The molecule has 2 heterocycles. The number of nitrogens with one attached hydrogen (secondary N) is 1. The zero-order valence-electron chi connectivity index (χ0n) is 7.43. The SMILES string of the molecule is C1CCNC1.Fc1ncc(F)c(F)n1. The maximum absolute atomic E-state index is 11.8. The molecule has 3 nitrogen and oxygen atoms in total. The molecule has 0 unspecified atom stereocenters. The predicted octanol–water partition coefficient (Wildman–Crippen LogP) is 1.26. The van der Waals surface area contributed by atoms with Crippen molar-refractivity contribution >= 4 is 0 Å². The number of hydrogen-bond donors (Lipinski definition) is 1. The minimum absolute atomic E-state index is 0.428. The summed E-state index contributed by atoms with van der Waals surface area (Å²) in [6.45, 7) is 2.50. The fourth-order valence-electron chi connectivity index (χ4n) is 0.951. The monoisotopic (exact) mass is 205 g/mol. The normalized spacial score (nSPS) is 14.8. The van der Waals surface area contributed by atoms with Crippen LogP contribution in [0.15, 0.2) is 6.20 Å². The van der Waals surface area contributed by atoms with Gasteiger partial charge in [-0.1, -0.05) is 0 Å². The van der Waals surface area contributed by atoms with Gasteiger partial charge in [0.15, 0.2) is 5.82 Å². The lowest BCUT2D eigenvalue weighted by Crippen LogP contribution is -2.03. The molecular formula is C8H10F3N3. The van der Waals surface area contributed by atoms with Crippen LogP contribution >= 0.6 is 0 Å². The average molecular weight is 205 g/mol. The summed E-state index contributed by atoms with van der Waals surface area (Å²) in [5, 5.41) is 3.22. The summed E-state index contributed by atoms with van der Waals surface area (Å²) in [5.74, 6) is -2.72. The number of hydrogen-bond acceptors (Lipinski definition) is 3. The fourth-order valence-corrected chi connectivity index (χ4v) is 0.951. The molecule has 0 amide bonds. The highest BCUT2D eigenvalue weighted by atomic mass is 19.2. The van der Waals surface area contributed by atoms with Crippen molar-refractivity contribution in [3.05, 3.63) is 24.0 Å². The van der Waals surface area contributed by atoms with Gasteiger partial charge in [-0.25, -0.2) is 9.37 Å². The van der Waals surface area contributed by atoms with E-state index in [0.29, 0.717) is 6.20 Å². The molecule has 1 aromatic rings. The highest BCUT2D eigenvalue weighted by Gasteiger charge is 2.03. The molecule has 14 heavy (non-hydrogen) atoms. The molecule has 0 radical (unpaired) electrons. The van der Waals surface area contributed by atoms with E-state index in [-0.39, 0.29) is 0 Å². The molecule has 2 rings (SSSR count). The Balaban J connectivity index is 0.000000165. The summed E-state index contributed by atoms with van der Waals surface area (Å²) in [6, 6.07) is 0. The summed E-state index contributed by atoms with van der Waals surface area (Å²) in [4.78, 5) is 5.20. The van der Waals surface area contributed by atoms with Crippen molar-refractivity contribution < 1.29 is 13.2 Å². The Kier molecular flexibility index (Phi) is 4.31. The second kappa shape index (κ2) is 5.54. The van der Waals surface area contributed by atoms with Crippen LogP contribution in [0.2, 0.25) is 0 Å². The summed E-state index contributed by atoms with van der Waals surface area (Å²) >= 11 is 0. The summed E-state index contributed by atoms with van der Waals surface area (Å²) in [6.07, 6.45) is 1.94. The Morgan fingerprint density at radius 1 is 1.14 bits per heavy atom. The lowest BCUT2D eigenvalue weighted by atomic mass is 10.4. The van der Waals surface area contributed by atoms with E-state index in [1.807, 2.05) is 0 Å². The van der Waals surface area contributed by atoms with Gasteiger partial charge in [0.25, 0.3) is 5.95 Å². The molecule has 0 bridgehead atoms. The topological polar surface area (TPSA) is 37.8 Å². The van der Waals surface area contributed by atoms with E-state index < -0.39 is 17.8 Å². The van der Waals surface area contributed by atoms with Gasteiger partial charge >= 0.3 is 6.08 Å². The van der Waals surface area contributed by atoms with Crippen LogP contribution < -0.4 is 5.32 Å². The highest BCUT2D eigenvalue weighted by Crippen LogP contribution is 1.98. The molecule has 1 aromatic heterocycles. The first-order valence-electron chi connectivity index (χ1n) is 4.24. The van der Waals surface area contributed by atoms with Gasteiger partial charge in [0.1, 0.15) is 0 Å². The molecule has 78 valence electrons. The van der Waals surface area contributed by atoms with Gasteiger partial charge in [-0.2, -0.15) is 13.8 Å². The second-order valence-corrected chi connectivity index (χ2v) is 2.73. The molecule has 0 atom stereocenters. The quantitative estimate of drug-likeness (QED) is 0.512. The molecule has 1 saturated heterocycles. The number of aromatic nitrogens is 2. The van der Waals surface area contributed by atoms with E-state index in [4.69, 9.17) is 0 Å². The van der Waals surface area contributed by atoms with E-state index in [2.05, 4.69) is 15.3 Å². The molecule has 0 spiro atoms. The summed E-state index contributed by atoms with van der Waals surface area (Å²) < 4.78 is 35.4. The maximum Gasteiger partial charge on any atom is 0.311 e. The predicted molar refractivity (Wildman–Crippen MR) is 44.0 cm³/mol. The third kappa shape index (κ3) is 3.69. The maximum atomic E-state index is 11.8. The van der Waals surface area contributed by atoms with Gasteiger partial charge in [0.05, 0.1) is 6.20 Å². The number of rotatable bonds is 0. The van der Waals surface area contributed by atoms with Crippen molar-refractivity contribution in [2.45, 2.75) is 12.8 Å². The molecule has 0 saturated carbocycles.